The minimum Gasteiger partial charge on any atom is -0.391 e. The van der Waals surface area contributed by atoms with Crippen molar-refractivity contribution in [3.8, 4) is 0 Å². The van der Waals surface area contributed by atoms with Crippen LogP contribution in [-0.2, 0) is 18.4 Å². The van der Waals surface area contributed by atoms with Crippen LogP contribution in [0.5, 0.6) is 0 Å². The maximum atomic E-state index is 12.7. The van der Waals surface area contributed by atoms with Crippen molar-refractivity contribution in [2.45, 2.75) is 180 Å². The Balaban J connectivity index is 4.28. The molecule has 0 saturated heterocycles. The molecule has 0 aliphatic rings. The monoisotopic (exact) mass is 711 g/mol. The van der Waals surface area contributed by atoms with Crippen molar-refractivity contribution >= 4 is 13.7 Å². The topological polar surface area (TPSA) is 131 Å². The molecule has 286 valence electrons. The van der Waals surface area contributed by atoms with Crippen LogP contribution in [0.1, 0.15) is 168 Å². The first kappa shape index (κ1) is 47.5. The zero-order chi connectivity index (χ0) is 36.1. The van der Waals surface area contributed by atoms with Gasteiger partial charge in [0.25, 0.3) is 0 Å². The average molecular weight is 711 g/mol. The van der Waals surface area contributed by atoms with E-state index in [0.717, 1.165) is 77.0 Å². The fourth-order valence-corrected chi connectivity index (χ4v) is 6.24. The lowest BCUT2D eigenvalue weighted by molar-refractivity contribution is -0.123. The number of rotatable bonds is 36. The molecule has 3 unspecified atom stereocenters. The molecule has 0 spiro atoms. The Kier molecular flexibility index (Phi) is 35.1. The molecule has 0 aliphatic carbocycles. The van der Waals surface area contributed by atoms with Crippen LogP contribution in [0, 0.1) is 0 Å². The van der Waals surface area contributed by atoms with Crippen LogP contribution in [-0.4, -0.2) is 47.8 Å². The van der Waals surface area contributed by atoms with Gasteiger partial charge in [-0.3, -0.25) is 13.8 Å². The molecule has 8 nitrogen and oxygen atoms in total. The van der Waals surface area contributed by atoms with E-state index in [1.54, 1.807) is 0 Å². The molecule has 0 bridgehead atoms. The molecule has 0 saturated carbocycles. The van der Waals surface area contributed by atoms with Gasteiger partial charge in [0.2, 0.25) is 5.91 Å². The lowest BCUT2D eigenvalue weighted by atomic mass is 10.0. The van der Waals surface area contributed by atoms with E-state index < -0.39 is 20.0 Å². The number of phosphoric acid groups is 1. The number of nitrogens with two attached hydrogens (primary N) is 1. The summed E-state index contributed by atoms with van der Waals surface area (Å²) in [6, 6.07) is -0.787. The molecule has 0 rings (SSSR count). The third-order valence-electron chi connectivity index (χ3n) is 8.45. The highest BCUT2D eigenvalue weighted by Gasteiger charge is 2.27. The average Bonchev–Trinajstić information content (AvgIpc) is 3.09. The normalized spacial score (nSPS) is 14.8. The summed E-state index contributed by atoms with van der Waals surface area (Å²) >= 11 is 0. The molecule has 0 heterocycles. The largest absolute Gasteiger partial charge is 0.472 e. The van der Waals surface area contributed by atoms with Crippen LogP contribution in [0.4, 0.5) is 0 Å². The Morgan fingerprint density at radius 2 is 1.18 bits per heavy atom. The van der Waals surface area contributed by atoms with Crippen molar-refractivity contribution in [3.05, 3.63) is 48.6 Å². The highest BCUT2D eigenvalue weighted by atomic mass is 31.2. The van der Waals surface area contributed by atoms with E-state index in [2.05, 4.69) is 67.8 Å². The Labute approximate surface area is 301 Å². The second-order valence-corrected chi connectivity index (χ2v) is 14.6. The highest BCUT2D eigenvalue weighted by molar-refractivity contribution is 7.47. The minimum atomic E-state index is -4.32. The van der Waals surface area contributed by atoms with Gasteiger partial charge in [-0.15, -0.1) is 0 Å². The fraction of sp³-hybridized carbons (Fsp3) is 0.775. The molecule has 0 radical (unpaired) electrons. The zero-order valence-corrected chi connectivity index (χ0v) is 32.3. The molecule has 0 aromatic heterocycles. The number of hydrogen-bond acceptors (Lipinski definition) is 6. The Morgan fingerprint density at radius 3 is 1.73 bits per heavy atom. The Bertz CT molecular complexity index is 907. The molecule has 0 aromatic carbocycles. The van der Waals surface area contributed by atoms with Crippen molar-refractivity contribution in [3.63, 3.8) is 0 Å². The van der Waals surface area contributed by atoms with Crippen molar-refractivity contribution in [1.29, 1.82) is 0 Å². The SMILES string of the molecule is CC/C=C\C/C=C\C/C=C\C/C=C\CCCCCCC(=O)NC(COP(=O)(O)OCCN)C(O)CCCCCCCCCCCCCCC. The smallest absolute Gasteiger partial charge is 0.391 e. The molecule has 0 fully saturated rings. The minimum absolute atomic E-state index is 0.0825. The molecule has 5 N–H and O–H groups in total. The van der Waals surface area contributed by atoms with Gasteiger partial charge in [-0.05, 0) is 51.4 Å². The molecule has 1 amide bonds. The molecular formula is C40H75N2O6P. The third-order valence-corrected chi connectivity index (χ3v) is 9.43. The van der Waals surface area contributed by atoms with Crippen molar-refractivity contribution < 1.29 is 28.4 Å². The predicted octanol–water partition coefficient (Wildman–Crippen LogP) is 10.6. The van der Waals surface area contributed by atoms with Gasteiger partial charge in [0.1, 0.15) is 0 Å². The number of carbonyl (C=O) groups is 1. The van der Waals surface area contributed by atoms with Gasteiger partial charge in [0, 0.05) is 13.0 Å². The molecule has 0 aliphatic heterocycles. The van der Waals surface area contributed by atoms with E-state index in [4.69, 9.17) is 14.8 Å². The van der Waals surface area contributed by atoms with E-state index >= 15 is 0 Å². The summed E-state index contributed by atoms with van der Waals surface area (Å²) in [5, 5.41) is 13.7. The van der Waals surface area contributed by atoms with Gasteiger partial charge in [0.05, 0.1) is 25.4 Å². The molecular weight excluding hydrogens is 635 g/mol. The first-order valence-electron chi connectivity index (χ1n) is 19.8. The number of aliphatic hydroxyl groups excluding tert-OH is 1. The molecule has 0 aromatic rings. The van der Waals surface area contributed by atoms with Crippen LogP contribution in [0.2, 0.25) is 0 Å². The van der Waals surface area contributed by atoms with Gasteiger partial charge in [-0.2, -0.15) is 0 Å². The van der Waals surface area contributed by atoms with Crippen LogP contribution >= 0.6 is 7.82 Å². The first-order chi connectivity index (χ1) is 23.9. The second-order valence-electron chi connectivity index (χ2n) is 13.1. The van der Waals surface area contributed by atoms with Gasteiger partial charge >= 0.3 is 7.82 Å². The maximum absolute atomic E-state index is 12.7. The summed E-state index contributed by atoms with van der Waals surface area (Å²) in [5.74, 6) is -0.187. The van der Waals surface area contributed by atoms with E-state index in [9.17, 15) is 19.4 Å². The summed E-state index contributed by atoms with van der Waals surface area (Å²) in [4.78, 5) is 22.6. The number of carbonyl (C=O) groups excluding carboxylic acids is 1. The van der Waals surface area contributed by atoms with E-state index in [1.807, 2.05) is 0 Å². The summed E-state index contributed by atoms with van der Waals surface area (Å²) in [7, 11) is -4.32. The molecule has 9 heteroatoms. The lowest BCUT2D eigenvalue weighted by Gasteiger charge is -2.25. The summed E-state index contributed by atoms with van der Waals surface area (Å²) < 4.78 is 22.1. The number of allylic oxidation sites excluding steroid dienone is 8. The molecule has 49 heavy (non-hydrogen) atoms. The quantitative estimate of drug-likeness (QED) is 0.0289. The maximum Gasteiger partial charge on any atom is 0.472 e. The van der Waals surface area contributed by atoms with Crippen LogP contribution in [0.15, 0.2) is 48.6 Å². The summed E-state index contributed by atoms with van der Waals surface area (Å²) in [6.45, 7) is 4.05. The molecule has 3 atom stereocenters. The number of hydrogen-bond donors (Lipinski definition) is 4. The van der Waals surface area contributed by atoms with Crippen molar-refractivity contribution in [2.24, 2.45) is 5.73 Å². The van der Waals surface area contributed by atoms with Crippen LogP contribution in [0.25, 0.3) is 0 Å². The summed E-state index contributed by atoms with van der Waals surface area (Å²) in [5.41, 5.74) is 5.36. The zero-order valence-electron chi connectivity index (χ0n) is 31.4. The van der Waals surface area contributed by atoms with Crippen LogP contribution in [0.3, 0.4) is 0 Å². The highest BCUT2D eigenvalue weighted by Crippen LogP contribution is 2.43. The number of nitrogens with one attached hydrogen (secondary N) is 1. The van der Waals surface area contributed by atoms with E-state index in [1.165, 1.54) is 64.2 Å². The van der Waals surface area contributed by atoms with Gasteiger partial charge in [-0.1, -0.05) is 159 Å². The van der Waals surface area contributed by atoms with E-state index in [0.29, 0.717) is 12.8 Å². The van der Waals surface area contributed by atoms with Crippen molar-refractivity contribution in [1.82, 2.24) is 5.32 Å². The number of phosphoric ester groups is 1. The van der Waals surface area contributed by atoms with Crippen LogP contribution < -0.4 is 11.1 Å². The van der Waals surface area contributed by atoms with Gasteiger partial charge in [0.15, 0.2) is 0 Å². The van der Waals surface area contributed by atoms with E-state index in [-0.39, 0.29) is 25.7 Å². The fourth-order valence-electron chi connectivity index (χ4n) is 5.48. The van der Waals surface area contributed by atoms with Gasteiger partial charge < -0.3 is 21.1 Å². The number of aliphatic hydroxyl groups is 1. The predicted molar refractivity (Wildman–Crippen MR) is 207 cm³/mol. The Morgan fingerprint density at radius 1 is 0.694 bits per heavy atom. The number of unbranched alkanes of at least 4 members (excludes halogenated alkanes) is 16. The van der Waals surface area contributed by atoms with Gasteiger partial charge in [-0.25, -0.2) is 4.57 Å². The third kappa shape index (κ3) is 34.7. The summed E-state index contributed by atoms with van der Waals surface area (Å²) in [6.07, 6.45) is 42.5. The lowest BCUT2D eigenvalue weighted by Crippen LogP contribution is -2.46. The second kappa shape index (κ2) is 36.3. The van der Waals surface area contributed by atoms with Crippen molar-refractivity contribution in [2.75, 3.05) is 19.8 Å². The standard InChI is InChI=1S/C40H75N2O6P/c1-3-5-7-9-11-13-15-17-18-19-20-22-24-26-28-30-32-34-40(44)42-38(37-48-49(45,46)47-36-35-41)39(43)33-31-29-27-25-23-21-16-14-12-10-8-6-4-2/h5,7,11,13,17-18,20,22,38-39,43H,3-4,6,8-10,12,14-16,19,21,23-37,41H2,1-2H3,(H,42,44)(H,45,46)/b7-5-,13-11-,18-17-,22-20-. The Hall–Kier alpha value is -1.54. The number of amides is 1. The first-order valence-corrected chi connectivity index (χ1v) is 21.2.